The van der Waals surface area contributed by atoms with Gasteiger partial charge in [-0.25, -0.2) is 0 Å². The second-order valence-corrected chi connectivity index (χ2v) is 8.34. The third kappa shape index (κ3) is 5.32. The summed E-state index contributed by atoms with van der Waals surface area (Å²) in [6.45, 7) is 4.53. The van der Waals surface area contributed by atoms with E-state index in [0.29, 0.717) is 24.2 Å². The van der Waals surface area contributed by atoms with Gasteiger partial charge in [0.2, 0.25) is 5.91 Å². The summed E-state index contributed by atoms with van der Waals surface area (Å²) in [7, 11) is 0. The Morgan fingerprint density at radius 3 is 2.41 bits per heavy atom. The number of benzene rings is 2. The van der Waals surface area contributed by atoms with E-state index in [0.717, 1.165) is 16.7 Å². The van der Waals surface area contributed by atoms with Crippen LogP contribution in [0.4, 0.5) is 0 Å². The Morgan fingerprint density at radius 1 is 1.16 bits per heavy atom. The van der Waals surface area contributed by atoms with Gasteiger partial charge in [0.1, 0.15) is 5.84 Å². The largest absolute Gasteiger partial charge is 0.481 e. The summed E-state index contributed by atoms with van der Waals surface area (Å²) in [6, 6.07) is 12.3. The molecule has 1 aliphatic heterocycles. The molecule has 0 spiro atoms. The SMILES string of the molecule is CC(C)N1Cc2ccc(C(=O)NCc3ccc(C(=N)N)cc3)cc2CC(CC(=O)O)C1=O. The van der Waals surface area contributed by atoms with Gasteiger partial charge in [-0.2, -0.15) is 0 Å². The fraction of sp³-hybridized carbons (Fsp3) is 0.333. The third-order valence-corrected chi connectivity index (χ3v) is 5.67. The Balaban J connectivity index is 1.77. The number of carboxylic acid groups (broad SMARTS) is 1. The molecule has 1 unspecified atom stereocenters. The summed E-state index contributed by atoms with van der Waals surface area (Å²) >= 11 is 0. The van der Waals surface area contributed by atoms with E-state index in [1.165, 1.54) is 0 Å². The van der Waals surface area contributed by atoms with Crippen LogP contribution in [0, 0.1) is 11.3 Å². The van der Waals surface area contributed by atoms with Gasteiger partial charge in [0, 0.05) is 30.3 Å². The van der Waals surface area contributed by atoms with E-state index in [9.17, 15) is 19.5 Å². The van der Waals surface area contributed by atoms with Crippen LogP contribution in [0.5, 0.6) is 0 Å². The molecule has 2 aromatic carbocycles. The van der Waals surface area contributed by atoms with E-state index in [1.807, 2.05) is 19.9 Å². The third-order valence-electron chi connectivity index (χ3n) is 5.67. The zero-order valence-electron chi connectivity index (χ0n) is 18.2. The maximum absolute atomic E-state index is 12.9. The van der Waals surface area contributed by atoms with Crippen LogP contribution in [0.2, 0.25) is 0 Å². The molecule has 5 N–H and O–H groups in total. The molecule has 0 aliphatic carbocycles. The van der Waals surface area contributed by atoms with Gasteiger partial charge in [-0.1, -0.05) is 30.3 Å². The molecule has 1 atom stereocenters. The van der Waals surface area contributed by atoms with Crippen LogP contribution in [0.15, 0.2) is 42.5 Å². The van der Waals surface area contributed by atoms with Crippen LogP contribution in [0.25, 0.3) is 0 Å². The van der Waals surface area contributed by atoms with Crippen LogP contribution in [0.1, 0.15) is 52.9 Å². The first-order valence-electron chi connectivity index (χ1n) is 10.5. The zero-order chi connectivity index (χ0) is 23.4. The molecule has 2 amide bonds. The predicted molar refractivity (Wildman–Crippen MR) is 120 cm³/mol. The summed E-state index contributed by atoms with van der Waals surface area (Å²) < 4.78 is 0. The Morgan fingerprint density at radius 2 is 1.81 bits per heavy atom. The summed E-state index contributed by atoms with van der Waals surface area (Å²) in [5.41, 5.74) is 9.16. The minimum Gasteiger partial charge on any atom is -0.481 e. The lowest BCUT2D eigenvalue weighted by atomic mass is 9.93. The summed E-state index contributed by atoms with van der Waals surface area (Å²) in [5.74, 6) is -2.11. The lowest BCUT2D eigenvalue weighted by molar-refractivity contribution is -0.145. The van der Waals surface area contributed by atoms with E-state index >= 15 is 0 Å². The first-order valence-corrected chi connectivity index (χ1v) is 10.5. The van der Waals surface area contributed by atoms with Crippen molar-refractivity contribution in [3.8, 4) is 0 Å². The number of fused-ring (bicyclic) bond motifs is 1. The van der Waals surface area contributed by atoms with Crippen LogP contribution >= 0.6 is 0 Å². The smallest absolute Gasteiger partial charge is 0.304 e. The number of carboxylic acids is 1. The lowest BCUT2D eigenvalue weighted by Crippen LogP contribution is -2.40. The van der Waals surface area contributed by atoms with Crippen LogP contribution in [-0.4, -0.2) is 39.7 Å². The average Bonchev–Trinajstić information content (AvgIpc) is 2.88. The van der Waals surface area contributed by atoms with Gasteiger partial charge in [0.05, 0.1) is 12.3 Å². The number of nitrogens with zero attached hydrogens (tertiary/aromatic N) is 1. The molecule has 8 heteroatoms. The topological polar surface area (TPSA) is 137 Å². The Labute approximate surface area is 186 Å². The fourth-order valence-corrected chi connectivity index (χ4v) is 3.85. The number of carbonyl (C=O) groups is 3. The molecule has 0 saturated carbocycles. The van der Waals surface area contributed by atoms with E-state index < -0.39 is 11.9 Å². The molecule has 1 aliphatic rings. The standard InChI is InChI=1S/C24H28N4O4/c1-14(2)28-13-18-8-7-17(9-19(18)10-20(24(28)32)11-21(29)30)23(31)27-12-15-3-5-16(6-4-15)22(25)26/h3-9,14,20H,10-13H2,1-2H3,(H3,25,26)(H,27,31)(H,29,30). The number of nitrogens with two attached hydrogens (primary N) is 1. The Kier molecular flexibility index (Phi) is 6.92. The van der Waals surface area contributed by atoms with E-state index in [2.05, 4.69) is 5.32 Å². The van der Waals surface area contributed by atoms with Crippen molar-refractivity contribution < 1.29 is 19.5 Å². The van der Waals surface area contributed by atoms with Crippen molar-refractivity contribution >= 4 is 23.6 Å². The molecule has 0 saturated heterocycles. The van der Waals surface area contributed by atoms with Gasteiger partial charge < -0.3 is 21.1 Å². The number of hydrogen-bond donors (Lipinski definition) is 4. The van der Waals surface area contributed by atoms with Gasteiger partial charge in [-0.05, 0) is 49.1 Å². The molecule has 32 heavy (non-hydrogen) atoms. The highest BCUT2D eigenvalue weighted by Gasteiger charge is 2.32. The van der Waals surface area contributed by atoms with Gasteiger partial charge in [-0.3, -0.25) is 19.8 Å². The first-order chi connectivity index (χ1) is 15.2. The monoisotopic (exact) mass is 436 g/mol. The summed E-state index contributed by atoms with van der Waals surface area (Å²) in [5, 5.41) is 19.6. The lowest BCUT2D eigenvalue weighted by Gasteiger charge is -2.27. The maximum atomic E-state index is 12.9. The van der Waals surface area contributed by atoms with Crippen molar-refractivity contribution in [1.82, 2.24) is 10.2 Å². The molecule has 0 aromatic heterocycles. The molecule has 0 radical (unpaired) electrons. The van der Waals surface area contributed by atoms with Gasteiger partial charge in [0.25, 0.3) is 5.91 Å². The van der Waals surface area contributed by atoms with Crippen molar-refractivity contribution in [2.45, 2.75) is 45.8 Å². The number of amides is 2. The molecule has 0 bridgehead atoms. The van der Waals surface area contributed by atoms with E-state index in [-0.39, 0.29) is 36.5 Å². The Bertz CT molecular complexity index is 1050. The average molecular weight is 437 g/mol. The van der Waals surface area contributed by atoms with Gasteiger partial charge >= 0.3 is 5.97 Å². The molecule has 8 nitrogen and oxygen atoms in total. The minimum atomic E-state index is -1.01. The van der Waals surface area contributed by atoms with E-state index in [1.54, 1.807) is 41.3 Å². The molecule has 2 aromatic rings. The molecule has 168 valence electrons. The van der Waals surface area contributed by atoms with Crippen molar-refractivity contribution in [3.05, 3.63) is 70.3 Å². The molecule has 0 fully saturated rings. The van der Waals surface area contributed by atoms with Gasteiger partial charge in [-0.15, -0.1) is 0 Å². The normalized spacial score (nSPS) is 15.8. The number of carbonyl (C=O) groups excluding carboxylic acids is 2. The van der Waals surface area contributed by atoms with E-state index in [4.69, 9.17) is 11.1 Å². The number of nitrogen functional groups attached to an aromatic ring is 1. The highest BCUT2D eigenvalue weighted by molar-refractivity contribution is 5.95. The van der Waals surface area contributed by atoms with Crippen molar-refractivity contribution in [1.29, 1.82) is 5.41 Å². The molecule has 3 rings (SSSR count). The number of nitrogens with one attached hydrogen (secondary N) is 2. The summed E-state index contributed by atoms with van der Waals surface area (Å²) in [6.07, 6.45) is 0.0471. The van der Waals surface area contributed by atoms with Crippen molar-refractivity contribution in [3.63, 3.8) is 0 Å². The van der Waals surface area contributed by atoms with Crippen LogP contribution < -0.4 is 11.1 Å². The molecular weight excluding hydrogens is 408 g/mol. The highest BCUT2D eigenvalue weighted by Crippen LogP contribution is 2.27. The van der Waals surface area contributed by atoms with Crippen LogP contribution in [0.3, 0.4) is 0 Å². The van der Waals surface area contributed by atoms with Crippen LogP contribution in [-0.2, 0) is 29.1 Å². The Hall–Kier alpha value is -3.68. The number of aliphatic carboxylic acids is 1. The first kappa shape index (κ1) is 23.0. The van der Waals surface area contributed by atoms with Crippen molar-refractivity contribution in [2.75, 3.05) is 0 Å². The second kappa shape index (κ2) is 9.64. The predicted octanol–water partition coefficient (Wildman–Crippen LogP) is 2.28. The highest BCUT2D eigenvalue weighted by atomic mass is 16.4. The summed E-state index contributed by atoms with van der Waals surface area (Å²) in [4.78, 5) is 38.6. The number of hydrogen-bond acceptors (Lipinski definition) is 4. The van der Waals surface area contributed by atoms with Crippen molar-refractivity contribution in [2.24, 2.45) is 11.7 Å². The number of rotatable bonds is 7. The zero-order valence-corrected chi connectivity index (χ0v) is 18.2. The molecular formula is C24H28N4O4. The van der Waals surface area contributed by atoms with Gasteiger partial charge in [0.15, 0.2) is 0 Å². The molecule has 1 heterocycles. The minimum absolute atomic E-state index is 0.0127. The quantitative estimate of drug-likeness (QED) is 0.390. The maximum Gasteiger partial charge on any atom is 0.304 e. The second-order valence-electron chi connectivity index (χ2n) is 8.34. The number of amidine groups is 1. The fourth-order valence-electron chi connectivity index (χ4n) is 3.85.